The lowest BCUT2D eigenvalue weighted by Crippen LogP contribution is -2.12. The molecule has 0 atom stereocenters. The lowest BCUT2D eigenvalue weighted by molar-refractivity contribution is 0.561. The van der Waals surface area contributed by atoms with Gasteiger partial charge in [-0.05, 0) is 38.5 Å². The first-order valence-electron chi connectivity index (χ1n) is 15.1. The summed E-state index contributed by atoms with van der Waals surface area (Å²) in [5.41, 5.74) is 0. The average Bonchev–Trinajstić information content (AvgIpc) is 2.77. The highest BCUT2D eigenvalue weighted by Gasteiger charge is 2.33. The molecule has 0 aliphatic carbocycles. The summed E-state index contributed by atoms with van der Waals surface area (Å²) in [7, 11) is -0.644. The number of hydrogen-bond acceptors (Lipinski definition) is 0. The summed E-state index contributed by atoms with van der Waals surface area (Å²) in [6.45, 7) is 9.52. The summed E-state index contributed by atoms with van der Waals surface area (Å²) < 4.78 is 0. The Hall–Kier alpha value is 0.430. The fraction of sp³-hybridized carbons (Fsp3) is 1.00. The van der Waals surface area contributed by atoms with Crippen LogP contribution in [0.2, 0.25) is 0 Å². The highest BCUT2D eigenvalue weighted by molar-refractivity contribution is 7.75. The highest BCUT2D eigenvalue weighted by atomic mass is 31.2. The van der Waals surface area contributed by atoms with Gasteiger partial charge in [-0.15, -0.1) is 0 Å². The van der Waals surface area contributed by atoms with E-state index in [2.05, 4.69) is 27.7 Å². The van der Waals surface area contributed by atoms with Crippen LogP contribution < -0.4 is 0 Å². The van der Waals surface area contributed by atoms with Gasteiger partial charge in [-0.3, -0.25) is 0 Å². The predicted molar refractivity (Wildman–Crippen MR) is 151 cm³/mol. The molecule has 0 N–H and O–H groups in total. The molecule has 0 unspecified atom stereocenters. The van der Waals surface area contributed by atoms with Gasteiger partial charge in [0.2, 0.25) is 0 Å². The first kappa shape index (κ1) is 31.4. The standard InChI is InChI=1S/C30H64P/c1-5-9-11-13-15-17-19-21-23-25-29-31(27-7-3,28-8-4)30-26-24-22-20-18-16-14-12-10-6-2/h5-30H2,1-4H3/q+1. The van der Waals surface area contributed by atoms with Gasteiger partial charge in [0.05, 0.1) is 24.6 Å². The molecule has 0 nitrogen and oxygen atoms in total. The molecule has 0 aromatic heterocycles. The number of hydrogen-bond donors (Lipinski definition) is 0. The van der Waals surface area contributed by atoms with Crippen LogP contribution in [0.4, 0.5) is 0 Å². The van der Waals surface area contributed by atoms with Crippen LogP contribution in [0.25, 0.3) is 0 Å². The molecule has 1 heteroatoms. The van der Waals surface area contributed by atoms with E-state index in [1.54, 1.807) is 37.5 Å². The van der Waals surface area contributed by atoms with E-state index < -0.39 is 7.26 Å². The molecule has 0 saturated carbocycles. The molecule has 0 aromatic rings. The summed E-state index contributed by atoms with van der Waals surface area (Å²) in [6.07, 6.45) is 38.9. The summed E-state index contributed by atoms with van der Waals surface area (Å²) >= 11 is 0. The number of rotatable bonds is 26. The van der Waals surface area contributed by atoms with Crippen molar-refractivity contribution >= 4 is 7.26 Å². The first-order chi connectivity index (χ1) is 15.2. The van der Waals surface area contributed by atoms with Gasteiger partial charge < -0.3 is 0 Å². The molecule has 0 radical (unpaired) electrons. The average molecular weight is 456 g/mol. The molecular formula is C30H64P+. The third-order valence-corrected chi connectivity index (χ3v) is 12.7. The Morgan fingerprint density at radius 2 is 0.516 bits per heavy atom. The smallest absolute Gasteiger partial charge is 0.0594 e. The van der Waals surface area contributed by atoms with Crippen LogP contribution in [-0.4, -0.2) is 24.6 Å². The maximum absolute atomic E-state index is 2.45. The van der Waals surface area contributed by atoms with Crippen LogP contribution in [-0.2, 0) is 0 Å². The third kappa shape index (κ3) is 20.7. The molecule has 188 valence electrons. The molecule has 0 aliphatic rings. The quantitative estimate of drug-likeness (QED) is 0.0898. The Morgan fingerprint density at radius 3 is 0.774 bits per heavy atom. The summed E-state index contributed by atoms with van der Waals surface area (Å²) in [5.74, 6) is 0. The first-order valence-corrected chi connectivity index (χ1v) is 17.6. The highest BCUT2D eigenvalue weighted by Crippen LogP contribution is 2.61. The van der Waals surface area contributed by atoms with Gasteiger partial charge in [-0.1, -0.05) is 130 Å². The van der Waals surface area contributed by atoms with Gasteiger partial charge >= 0.3 is 0 Å². The topological polar surface area (TPSA) is 0 Å². The molecular weight excluding hydrogens is 391 g/mol. The molecule has 0 aliphatic heterocycles. The normalized spacial score (nSPS) is 12.0. The minimum Gasteiger partial charge on any atom is -0.0654 e. The van der Waals surface area contributed by atoms with Crippen LogP contribution in [0.3, 0.4) is 0 Å². The zero-order valence-corrected chi connectivity index (χ0v) is 23.7. The van der Waals surface area contributed by atoms with Crippen LogP contribution in [0.15, 0.2) is 0 Å². The van der Waals surface area contributed by atoms with E-state index >= 15 is 0 Å². The van der Waals surface area contributed by atoms with Crippen LogP contribution in [0.1, 0.15) is 169 Å². The lowest BCUT2D eigenvalue weighted by atomic mass is 10.1. The van der Waals surface area contributed by atoms with E-state index in [0.717, 1.165) is 0 Å². The van der Waals surface area contributed by atoms with Crippen molar-refractivity contribution in [3.05, 3.63) is 0 Å². The van der Waals surface area contributed by atoms with Crippen molar-refractivity contribution < 1.29 is 0 Å². The second-order valence-electron chi connectivity index (χ2n) is 10.6. The molecule has 0 rings (SSSR count). The second-order valence-corrected chi connectivity index (χ2v) is 15.1. The van der Waals surface area contributed by atoms with Crippen molar-refractivity contribution in [1.29, 1.82) is 0 Å². The Morgan fingerprint density at radius 1 is 0.258 bits per heavy atom. The SMILES string of the molecule is CCCCCCCCCCCC[P+](CCC)(CCC)CCCCCCCCCCCC. The maximum atomic E-state index is 2.45. The van der Waals surface area contributed by atoms with Crippen molar-refractivity contribution in [3.8, 4) is 0 Å². The molecule has 0 bridgehead atoms. The summed E-state index contributed by atoms with van der Waals surface area (Å²) in [4.78, 5) is 0. The lowest BCUT2D eigenvalue weighted by Gasteiger charge is -2.27. The predicted octanol–water partition coefficient (Wildman–Crippen LogP) is 11.7. The molecule has 0 spiro atoms. The molecule has 0 heterocycles. The minimum absolute atomic E-state index is 0.644. The van der Waals surface area contributed by atoms with Crippen LogP contribution in [0, 0.1) is 0 Å². The van der Waals surface area contributed by atoms with Gasteiger partial charge in [-0.2, -0.15) is 0 Å². The molecule has 0 amide bonds. The monoisotopic (exact) mass is 455 g/mol. The molecule has 0 saturated heterocycles. The zero-order chi connectivity index (χ0) is 22.9. The Labute approximate surface area is 200 Å². The summed E-state index contributed by atoms with van der Waals surface area (Å²) in [6, 6.07) is 0. The van der Waals surface area contributed by atoms with Crippen molar-refractivity contribution in [3.63, 3.8) is 0 Å². The molecule has 0 fully saturated rings. The second kappa shape index (κ2) is 25.1. The van der Waals surface area contributed by atoms with Gasteiger partial charge in [0.15, 0.2) is 0 Å². The van der Waals surface area contributed by atoms with E-state index in [-0.39, 0.29) is 0 Å². The van der Waals surface area contributed by atoms with Crippen molar-refractivity contribution in [2.45, 2.75) is 169 Å². The van der Waals surface area contributed by atoms with E-state index in [1.165, 1.54) is 128 Å². The Kier molecular flexibility index (Phi) is 25.4. The minimum atomic E-state index is -0.644. The summed E-state index contributed by atoms with van der Waals surface area (Å²) in [5, 5.41) is 0. The van der Waals surface area contributed by atoms with Gasteiger partial charge in [0.1, 0.15) is 0 Å². The van der Waals surface area contributed by atoms with E-state index in [1.807, 2.05) is 0 Å². The fourth-order valence-corrected chi connectivity index (χ4v) is 10.5. The Bertz CT molecular complexity index is 292. The van der Waals surface area contributed by atoms with Gasteiger partial charge in [-0.25, -0.2) is 0 Å². The largest absolute Gasteiger partial charge is 0.0654 e. The van der Waals surface area contributed by atoms with Crippen molar-refractivity contribution in [2.75, 3.05) is 24.6 Å². The van der Waals surface area contributed by atoms with E-state index in [0.29, 0.717) is 0 Å². The fourth-order valence-electron chi connectivity index (χ4n) is 5.49. The maximum Gasteiger partial charge on any atom is 0.0594 e. The molecule has 31 heavy (non-hydrogen) atoms. The van der Waals surface area contributed by atoms with Crippen molar-refractivity contribution in [1.82, 2.24) is 0 Å². The number of unbranched alkanes of at least 4 members (excludes halogenated alkanes) is 18. The van der Waals surface area contributed by atoms with E-state index in [9.17, 15) is 0 Å². The van der Waals surface area contributed by atoms with Crippen LogP contribution in [0.5, 0.6) is 0 Å². The molecule has 0 aromatic carbocycles. The van der Waals surface area contributed by atoms with Crippen LogP contribution >= 0.6 is 7.26 Å². The third-order valence-electron chi connectivity index (χ3n) is 7.37. The van der Waals surface area contributed by atoms with Gasteiger partial charge in [0, 0.05) is 7.26 Å². The van der Waals surface area contributed by atoms with E-state index in [4.69, 9.17) is 0 Å². The zero-order valence-electron chi connectivity index (χ0n) is 22.8. The van der Waals surface area contributed by atoms with Gasteiger partial charge in [0.25, 0.3) is 0 Å². The van der Waals surface area contributed by atoms with Crippen molar-refractivity contribution in [2.24, 2.45) is 0 Å². The Balaban J connectivity index is 3.92.